The lowest BCUT2D eigenvalue weighted by molar-refractivity contribution is 0.173. The van der Waals surface area contributed by atoms with Crippen molar-refractivity contribution < 1.29 is 9.18 Å². The third-order valence-corrected chi connectivity index (χ3v) is 7.11. The summed E-state index contributed by atoms with van der Waals surface area (Å²) in [6.07, 6.45) is 4.71. The van der Waals surface area contributed by atoms with Crippen LogP contribution in [0.3, 0.4) is 0 Å². The van der Waals surface area contributed by atoms with Crippen molar-refractivity contribution in [2.45, 2.75) is 56.8 Å². The fraction of sp³-hybridized carbons (Fsp3) is 0.500. The van der Waals surface area contributed by atoms with Gasteiger partial charge in [-0.1, -0.05) is 35.9 Å². The molecule has 2 heterocycles. The Hall–Kier alpha value is -2.19. The van der Waals surface area contributed by atoms with Gasteiger partial charge in [0.15, 0.2) is 0 Å². The van der Waals surface area contributed by atoms with Gasteiger partial charge in [0.25, 0.3) is 0 Å². The molecule has 2 unspecified atom stereocenters. The molecule has 0 saturated carbocycles. The highest BCUT2D eigenvalue weighted by molar-refractivity contribution is 6.30. The monoisotopic (exact) mass is 487 g/mol. The number of hydrogen-bond donors (Lipinski definition) is 3. The van der Waals surface area contributed by atoms with Crippen molar-refractivity contribution in [1.82, 2.24) is 26.0 Å². The van der Waals surface area contributed by atoms with E-state index in [0.717, 1.165) is 62.3 Å². The Morgan fingerprint density at radius 2 is 1.94 bits per heavy atom. The zero-order chi connectivity index (χ0) is 23.9. The number of likely N-dealkylation sites (tertiary alicyclic amines) is 1. The Morgan fingerprint density at radius 1 is 1.18 bits per heavy atom. The van der Waals surface area contributed by atoms with Gasteiger partial charge in [0, 0.05) is 56.4 Å². The van der Waals surface area contributed by atoms with Crippen LogP contribution in [0.25, 0.3) is 0 Å². The van der Waals surface area contributed by atoms with E-state index >= 15 is 0 Å². The van der Waals surface area contributed by atoms with Crippen LogP contribution < -0.4 is 16.2 Å². The van der Waals surface area contributed by atoms with E-state index in [1.807, 2.05) is 25.2 Å². The van der Waals surface area contributed by atoms with Crippen molar-refractivity contribution in [2.75, 3.05) is 26.7 Å². The summed E-state index contributed by atoms with van der Waals surface area (Å²) >= 11 is 5.97. The summed E-state index contributed by atoms with van der Waals surface area (Å²) in [5.74, 6) is -0.206. The van der Waals surface area contributed by atoms with Gasteiger partial charge in [0.05, 0.1) is 0 Å². The standard InChI is InChI=1S/C26H35ClFN5O/c1-32(13-3-6-24-17-25(31-30-24)20-4-2-5-22(28)16-20)26(34)29-23-11-14-33(15-12-23)18-19-7-9-21(27)10-8-19/h2,4-5,7-10,16,23-25,30-31H,3,6,11-15,17-18H2,1H3,(H,29,34). The van der Waals surface area contributed by atoms with Crippen LogP contribution in [0, 0.1) is 5.82 Å². The van der Waals surface area contributed by atoms with Crippen LogP contribution in [-0.2, 0) is 6.54 Å². The molecule has 8 heteroatoms. The molecule has 2 aromatic carbocycles. The summed E-state index contributed by atoms with van der Waals surface area (Å²) < 4.78 is 13.5. The molecule has 34 heavy (non-hydrogen) atoms. The largest absolute Gasteiger partial charge is 0.335 e. The number of nitrogens with one attached hydrogen (secondary N) is 3. The van der Waals surface area contributed by atoms with E-state index in [4.69, 9.17) is 11.6 Å². The van der Waals surface area contributed by atoms with E-state index in [1.54, 1.807) is 17.0 Å². The van der Waals surface area contributed by atoms with Gasteiger partial charge in [-0.25, -0.2) is 9.18 Å². The van der Waals surface area contributed by atoms with Gasteiger partial charge in [-0.2, -0.15) is 0 Å². The number of rotatable bonds is 8. The van der Waals surface area contributed by atoms with E-state index < -0.39 is 0 Å². The molecule has 2 aliphatic rings. The highest BCUT2D eigenvalue weighted by Gasteiger charge is 2.25. The maximum Gasteiger partial charge on any atom is 0.317 e. The zero-order valence-corrected chi connectivity index (χ0v) is 20.5. The number of nitrogens with zero attached hydrogens (tertiary/aromatic N) is 2. The summed E-state index contributed by atoms with van der Waals surface area (Å²) in [6, 6.07) is 15.4. The van der Waals surface area contributed by atoms with Crippen molar-refractivity contribution in [1.29, 1.82) is 0 Å². The topological polar surface area (TPSA) is 59.6 Å². The normalized spacial score (nSPS) is 21.5. The van der Waals surface area contributed by atoms with Gasteiger partial charge < -0.3 is 10.2 Å². The molecule has 2 amide bonds. The van der Waals surface area contributed by atoms with Gasteiger partial charge in [0.1, 0.15) is 5.82 Å². The fourth-order valence-corrected chi connectivity index (χ4v) is 4.92. The van der Waals surface area contributed by atoms with Crippen LogP contribution in [0.2, 0.25) is 5.02 Å². The minimum atomic E-state index is -0.206. The molecule has 2 fully saturated rings. The Labute approximate surface area is 206 Å². The van der Waals surface area contributed by atoms with Gasteiger partial charge in [-0.3, -0.25) is 15.8 Å². The number of carbonyl (C=O) groups is 1. The van der Waals surface area contributed by atoms with Crippen LogP contribution >= 0.6 is 11.6 Å². The first kappa shape index (κ1) is 24.9. The molecule has 0 bridgehead atoms. The van der Waals surface area contributed by atoms with Crippen molar-refractivity contribution >= 4 is 17.6 Å². The third kappa shape index (κ3) is 7.15. The van der Waals surface area contributed by atoms with E-state index in [2.05, 4.69) is 33.2 Å². The molecule has 2 saturated heterocycles. The minimum Gasteiger partial charge on any atom is -0.335 e. The lowest BCUT2D eigenvalue weighted by atomic mass is 9.99. The second-order valence-corrected chi connectivity index (χ2v) is 9.96. The number of urea groups is 1. The third-order valence-electron chi connectivity index (χ3n) is 6.86. The Balaban J connectivity index is 1.11. The van der Waals surface area contributed by atoms with Gasteiger partial charge in [-0.15, -0.1) is 0 Å². The predicted molar refractivity (Wildman–Crippen MR) is 134 cm³/mol. The highest BCUT2D eigenvalue weighted by atomic mass is 35.5. The molecule has 0 aliphatic carbocycles. The van der Waals surface area contributed by atoms with E-state index in [0.29, 0.717) is 12.6 Å². The van der Waals surface area contributed by atoms with Crippen molar-refractivity contribution in [3.8, 4) is 0 Å². The van der Waals surface area contributed by atoms with Crippen molar-refractivity contribution in [3.05, 3.63) is 70.5 Å². The molecular weight excluding hydrogens is 453 g/mol. The second-order valence-electron chi connectivity index (χ2n) is 9.52. The van der Waals surface area contributed by atoms with Crippen LogP contribution in [0.15, 0.2) is 48.5 Å². The molecule has 2 aliphatic heterocycles. The average molecular weight is 488 g/mol. The molecule has 0 radical (unpaired) electrons. The zero-order valence-electron chi connectivity index (χ0n) is 19.8. The Morgan fingerprint density at radius 3 is 2.68 bits per heavy atom. The maximum atomic E-state index is 13.5. The van der Waals surface area contributed by atoms with Crippen LogP contribution in [0.1, 0.15) is 49.3 Å². The summed E-state index contributed by atoms with van der Waals surface area (Å²) in [5.41, 5.74) is 8.81. The highest BCUT2D eigenvalue weighted by Crippen LogP contribution is 2.24. The fourth-order valence-electron chi connectivity index (χ4n) is 4.80. The molecular formula is C26H35ClFN5O. The van der Waals surface area contributed by atoms with Crippen molar-refractivity contribution in [2.24, 2.45) is 0 Å². The van der Waals surface area contributed by atoms with Gasteiger partial charge in [0.2, 0.25) is 0 Å². The summed E-state index contributed by atoms with van der Waals surface area (Å²) in [4.78, 5) is 16.8. The quantitative estimate of drug-likeness (QED) is 0.514. The smallest absolute Gasteiger partial charge is 0.317 e. The van der Waals surface area contributed by atoms with E-state index in [-0.39, 0.29) is 23.9 Å². The molecule has 184 valence electrons. The summed E-state index contributed by atoms with van der Waals surface area (Å²) in [6.45, 7) is 3.58. The molecule has 4 rings (SSSR count). The number of piperidine rings is 1. The number of hydrazine groups is 1. The molecule has 6 nitrogen and oxygen atoms in total. The second kappa shape index (κ2) is 12.0. The minimum absolute atomic E-state index is 0.00583. The van der Waals surface area contributed by atoms with E-state index in [9.17, 15) is 9.18 Å². The molecule has 3 N–H and O–H groups in total. The number of hydrogen-bond acceptors (Lipinski definition) is 4. The predicted octanol–water partition coefficient (Wildman–Crippen LogP) is 4.47. The first-order valence-electron chi connectivity index (χ1n) is 12.2. The number of halogens is 2. The van der Waals surface area contributed by atoms with Crippen LogP contribution in [0.4, 0.5) is 9.18 Å². The van der Waals surface area contributed by atoms with Crippen molar-refractivity contribution in [3.63, 3.8) is 0 Å². The number of carbonyl (C=O) groups excluding carboxylic acids is 1. The van der Waals surface area contributed by atoms with Gasteiger partial charge >= 0.3 is 6.03 Å². The average Bonchev–Trinajstić information content (AvgIpc) is 3.31. The van der Waals surface area contributed by atoms with Crippen LogP contribution in [-0.4, -0.2) is 54.6 Å². The SMILES string of the molecule is CN(CCCC1CC(c2cccc(F)c2)NN1)C(=O)NC1CCN(Cc2ccc(Cl)cc2)CC1. The lowest BCUT2D eigenvalue weighted by Crippen LogP contribution is -2.48. The number of benzene rings is 2. The first-order chi connectivity index (χ1) is 16.5. The Bertz CT molecular complexity index is 935. The maximum absolute atomic E-state index is 13.5. The lowest BCUT2D eigenvalue weighted by Gasteiger charge is -2.33. The summed E-state index contributed by atoms with van der Waals surface area (Å²) in [7, 11) is 1.86. The Kier molecular flexibility index (Phi) is 8.78. The first-order valence-corrected chi connectivity index (χ1v) is 12.6. The number of amides is 2. The molecule has 0 aromatic heterocycles. The molecule has 2 aromatic rings. The molecule has 0 spiro atoms. The van der Waals surface area contributed by atoms with Crippen LogP contribution in [0.5, 0.6) is 0 Å². The van der Waals surface area contributed by atoms with Gasteiger partial charge in [-0.05, 0) is 67.5 Å². The molecule has 2 atom stereocenters. The van der Waals surface area contributed by atoms with E-state index in [1.165, 1.54) is 11.6 Å². The summed E-state index contributed by atoms with van der Waals surface area (Å²) in [5, 5.41) is 3.96.